The minimum atomic E-state index is -0.272. The number of benzene rings is 2. The number of rotatable bonds is 3. The molecule has 0 aromatic heterocycles. The summed E-state index contributed by atoms with van der Waals surface area (Å²) in [4.78, 5) is 12.1. The molecule has 2 aromatic carbocycles. The lowest BCUT2D eigenvalue weighted by Crippen LogP contribution is -2.13. The van der Waals surface area contributed by atoms with Gasteiger partial charge in [-0.1, -0.05) is 18.2 Å². The third kappa shape index (κ3) is 2.96. The molecule has 0 saturated heterocycles. The first-order chi connectivity index (χ1) is 9.61. The van der Waals surface area contributed by atoms with Crippen molar-refractivity contribution >= 4 is 11.6 Å². The maximum absolute atomic E-state index is 12.1. The normalized spacial score (nSPS) is 9.80. The summed E-state index contributed by atoms with van der Waals surface area (Å²) in [7, 11) is 0. The Morgan fingerprint density at radius 3 is 2.60 bits per heavy atom. The molecule has 2 N–H and O–H groups in total. The van der Waals surface area contributed by atoms with Crippen LogP contribution in [0.15, 0.2) is 42.5 Å². The number of hydrogen-bond donors (Lipinski definition) is 2. The van der Waals surface area contributed by atoms with Gasteiger partial charge in [-0.15, -0.1) is 0 Å². The molecule has 0 unspecified atom stereocenters. The summed E-state index contributed by atoms with van der Waals surface area (Å²) in [5.74, 6) is -0.173. The molecule has 0 fully saturated rings. The number of nitriles is 1. The van der Waals surface area contributed by atoms with E-state index in [4.69, 9.17) is 5.26 Å². The fraction of sp³-hybridized carbons (Fsp3) is 0.125. The molecular weight excluding hydrogens is 252 g/mol. The highest BCUT2D eigenvalue weighted by atomic mass is 16.3. The average molecular weight is 266 g/mol. The minimum Gasteiger partial charge on any atom is -0.508 e. The number of carbonyl (C=O) groups excluding carboxylic acids is 1. The fourth-order valence-corrected chi connectivity index (χ4v) is 1.87. The molecule has 0 heterocycles. The SMILES string of the molecule is Cc1c(O)cccc1C(=O)Nc1ccc(CC#N)cc1. The Hall–Kier alpha value is -2.80. The molecule has 0 aliphatic rings. The van der Waals surface area contributed by atoms with Crippen LogP contribution < -0.4 is 5.32 Å². The van der Waals surface area contributed by atoms with Gasteiger partial charge in [-0.3, -0.25) is 4.79 Å². The highest BCUT2D eigenvalue weighted by Gasteiger charge is 2.11. The molecule has 20 heavy (non-hydrogen) atoms. The Bertz CT molecular complexity index is 670. The first kappa shape index (κ1) is 13.6. The second-order valence-corrected chi connectivity index (χ2v) is 4.44. The minimum absolute atomic E-state index is 0.0991. The van der Waals surface area contributed by atoms with Gasteiger partial charge in [0.25, 0.3) is 5.91 Å². The van der Waals surface area contributed by atoms with E-state index in [0.29, 0.717) is 23.2 Å². The topological polar surface area (TPSA) is 73.1 Å². The predicted octanol–water partition coefficient (Wildman–Crippen LogP) is 3.02. The average Bonchev–Trinajstić information content (AvgIpc) is 2.44. The van der Waals surface area contributed by atoms with Crippen LogP contribution in [-0.2, 0) is 6.42 Å². The first-order valence-corrected chi connectivity index (χ1v) is 6.17. The van der Waals surface area contributed by atoms with E-state index in [1.54, 1.807) is 49.4 Å². The van der Waals surface area contributed by atoms with E-state index in [0.717, 1.165) is 5.56 Å². The Kier molecular flexibility index (Phi) is 4.02. The van der Waals surface area contributed by atoms with E-state index in [2.05, 4.69) is 11.4 Å². The van der Waals surface area contributed by atoms with Crippen molar-refractivity contribution in [3.8, 4) is 11.8 Å². The van der Waals surface area contributed by atoms with Gasteiger partial charge in [0.15, 0.2) is 0 Å². The third-order valence-electron chi connectivity index (χ3n) is 3.04. The number of nitrogens with one attached hydrogen (secondary N) is 1. The van der Waals surface area contributed by atoms with Crippen molar-refractivity contribution < 1.29 is 9.90 Å². The molecule has 2 rings (SSSR count). The molecule has 0 saturated carbocycles. The molecule has 4 heteroatoms. The lowest BCUT2D eigenvalue weighted by Gasteiger charge is -2.09. The summed E-state index contributed by atoms with van der Waals surface area (Å²) >= 11 is 0. The van der Waals surface area contributed by atoms with Crippen molar-refractivity contribution in [3.05, 3.63) is 59.2 Å². The Morgan fingerprint density at radius 2 is 1.95 bits per heavy atom. The maximum atomic E-state index is 12.1. The molecule has 0 aliphatic heterocycles. The molecule has 100 valence electrons. The van der Waals surface area contributed by atoms with Crippen LogP contribution in [0.1, 0.15) is 21.5 Å². The molecule has 4 nitrogen and oxygen atoms in total. The van der Waals surface area contributed by atoms with Crippen LogP contribution in [0.4, 0.5) is 5.69 Å². The molecule has 0 radical (unpaired) electrons. The Morgan fingerprint density at radius 1 is 1.25 bits per heavy atom. The van der Waals surface area contributed by atoms with Crippen LogP contribution >= 0.6 is 0 Å². The van der Waals surface area contributed by atoms with Gasteiger partial charge < -0.3 is 10.4 Å². The highest BCUT2D eigenvalue weighted by molar-refractivity contribution is 6.05. The Labute approximate surface area is 117 Å². The lowest BCUT2D eigenvalue weighted by molar-refractivity contribution is 0.102. The van der Waals surface area contributed by atoms with E-state index in [1.807, 2.05) is 0 Å². The molecule has 1 amide bonds. The van der Waals surface area contributed by atoms with Crippen LogP contribution in [0, 0.1) is 18.3 Å². The maximum Gasteiger partial charge on any atom is 0.256 e. The van der Waals surface area contributed by atoms with Gasteiger partial charge in [-0.2, -0.15) is 5.26 Å². The molecule has 2 aromatic rings. The van der Waals surface area contributed by atoms with Gasteiger partial charge in [0.2, 0.25) is 0 Å². The van der Waals surface area contributed by atoms with Crippen molar-refractivity contribution in [3.63, 3.8) is 0 Å². The standard InChI is InChI=1S/C16H14N2O2/c1-11-14(3-2-4-15(11)19)16(20)18-13-7-5-12(6-8-13)9-10-17/h2-8,19H,9H2,1H3,(H,18,20). The zero-order valence-electron chi connectivity index (χ0n) is 11.1. The summed E-state index contributed by atoms with van der Waals surface area (Å²) in [5.41, 5.74) is 2.54. The smallest absolute Gasteiger partial charge is 0.256 e. The first-order valence-electron chi connectivity index (χ1n) is 6.17. The summed E-state index contributed by atoms with van der Waals surface area (Å²) in [6.45, 7) is 1.69. The molecule has 0 aliphatic carbocycles. The van der Waals surface area contributed by atoms with Gasteiger partial charge in [0.05, 0.1) is 12.5 Å². The van der Waals surface area contributed by atoms with Gasteiger partial charge in [0, 0.05) is 16.8 Å². The zero-order chi connectivity index (χ0) is 14.5. The monoisotopic (exact) mass is 266 g/mol. The second kappa shape index (κ2) is 5.89. The molecule has 0 spiro atoms. The van der Waals surface area contributed by atoms with Gasteiger partial charge in [-0.05, 0) is 36.8 Å². The largest absolute Gasteiger partial charge is 0.508 e. The van der Waals surface area contributed by atoms with E-state index >= 15 is 0 Å². The van der Waals surface area contributed by atoms with Crippen molar-refractivity contribution in [1.82, 2.24) is 0 Å². The molecule has 0 bridgehead atoms. The van der Waals surface area contributed by atoms with Gasteiger partial charge in [0.1, 0.15) is 5.75 Å². The predicted molar refractivity (Wildman–Crippen MR) is 76.6 cm³/mol. The second-order valence-electron chi connectivity index (χ2n) is 4.44. The van der Waals surface area contributed by atoms with E-state index in [9.17, 15) is 9.90 Å². The van der Waals surface area contributed by atoms with E-state index in [1.165, 1.54) is 0 Å². The summed E-state index contributed by atoms with van der Waals surface area (Å²) < 4.78 is 0. The zero-order valence-corrected chi connectivity index (χ0v) is 11.1. The quantitative estimate of drug-likeness (QED) is 0.896. The van der Waals surface area contributed by atoms with Crippen molar-refractivity contribution in [2.75, 3.05) is 5.32 Å². The number of carbonyl (C=O) groups is 1. The number of amides is 1. The van der Waals surface area contributed by atoms with Gasteiger partial charge in [-0.25, -0.2) is 0 Å². The van der Waals surface area contributed by atoms with Crippen molar-refractivity contribution in [2.24, 2.45) is 0 Å². The number of phenols is 1. The highest BCUT2D eigenvalue weighted by Crippen LogP contribution is 2.20. The van der Waals surface area contributed by atoms with Crippen LogP contribution in [0.5, 0.6) is 5.75 Å². The number of phenolic OH excluding ortho intramolecular Hbond substituents is 1. The summed E-state index contributed by atoms with van der Waals surface area (Å²) in [6, 6.07) is 14.0. The van der Waals surface area contributed by atoms with Crippen molar-refractivity contribution in [2.45, 2.75) is 13.3 Å². The van der Waals surface area contributed by atoms with Crippen LogP contribution in [0.3, 0.4) is 0 Å². The lowest BCUT2D eigenvalue weighted by atomic mass is 10.1. The number of nitrogens with zero attached hydrogens (tertiary/aromatic N) is 1. The van der Waals surface area contributed by atoms with E-state index < -0.39 is 0 Å². The van der Waals surface area contributed by atoms with E-state index in [-0.39, 0.29) is 11.7 Å². The third-order valence-corrected chi connectivity index (χ3v) is 3.04. The number of anilines is 1. The van der Waals surface area contributed by atoms with Crippen LogP contribution in [-0.4, -0.2) is 11.0 Å². The van der Waals surface area contributed by atoms with Crippen LogP contribution in [0.2, 0.25) is 0 Å². The fourth-order valence-electron chi connectivity index (χ4n) is 1.87. The van der Waals surface area contributed by atoms with Crippen molar-refractivity contribution in [1.29, 1.82) is 5.26 Å². The number of hydrogen-bond acceptors (Lipinski definition) is 3. The summed E-state index contributed by atoms with van der Waals surface area (Å²) in [6.07, 6.45) is 0.347. The van der Waals surface area contributed by atoms with Gasteiger partial charge >= 0.3 is 0 Å². The molecule has 0 atom stereocenters. The molecular formula is C16H14N2O2. The number of aromatic hydroxyl groups is 1. The Balaban J connectivity index is 2.15. The summed E-state index contributed by atoms with van der Waals surface area (Å²) in [5, 5.41) is 21.0. The van der Waals surface area contributed by atoms with Crippen LogP contribution in [0.25, 0.3) is 0 Å².